The third kappa shape index (κ3) is 6.71. The average molecular weight is 537 g/mol. The highest BCUT2D eigenvalue weighted by Gasteiger charge is 2.62. The highest BCUT2D eigenvalue weighted by molar-refractivity contribution is 6.03. The lowest BCUT2D eigenvalue weighted by molar-refractivity contribution is -0.160. The van der Waals surface area contributed by atoms with Gasteiger partial charge in [0.2, 0.25) is 0 Å². The molecule has 0 N–H and O–H groups in total. The maximum atomic E-state index is 12.1. The van der Waals surface area contributed by atoms with Gasteiger partial charge in [0.15, 0.2) is 10.8 Å². The predicted octanol–water partition coefficient (Wildman–Crippen LogP) is 5.97. The van der Waals surface area contributed by atoms with Crippen molar-refractivity contribution in [3.8, 4) is 0 Å². The Labute approximate surface area is 227 Å². The van der Waals surface area contributed by atoms with E-state index in [9.17, 15) is 19.2 Å². The Kier molecular flexibility index (Phi) is 11.0. The van der Waals surface area contributed by atoms with Crippen LogP contribution in [0.15, 0.2) is 0 Å². The van der Waals surface area contributed by atoms with Crippen LogP contribution in [0, 0.1) is 10.8 Å². The zero-order chi connectivity index (χ0) is 27.8. The summed E-state index contributed by atoms with van der Waals surface area (Å²) in [4.78, 5) is 48.3. The van der Waals surface area contributed by atoms with E-state index >= 15 is 0 Å². The summed E-state index contributed by atoms with van der Waals surface area (Å²) in [6, 6.07) is 0. The molecule has 0 aromatic heterocycles. The molecule has 0 aromatic rings. The van der Waals surface area contributed by atoms with Crippen LogP contribution in [0.2, 0.25) is 0 Å². The van der Waals surface area contributed by atoms with Crippen LogP contribution >= 0.6 is 0 Å². The van der Waals surface area contributed by atoms with Crippen molar-refractivity contribution in [3.63, 3.8) is 0 Å². The van der Waals surface area contributed by atoms with Gasteiger partial charge in [-0.15, -0.1) is 0 Å². The van der Waals surface area contributed by atoms with E-state index in [2.05, 4.69) is 27.7 Å². The maximum Gasteiger partial charge on any atom is 0.324 e. The molecule has 4 unspecified atom stereocenters. The summed E-state index contributed by atoms with van der Waals surface area (Å²) in [7, 11) is 0. The van der Waals surface area contributed by atoms with Gasteiger partial charge in [0, 0.05) is 25.7 Å². The zero-order valence-corrected chi connectivity index (χ0v) is 23.9. The summed E-state index contributed by atoms with van der Waals surface area (Å²) in [6.07, 6.45) is 13.6. The topological polar surface area (TPSA) is 105 Å². The van der Waals surface area contributed by atoms with Gasteiger partial charge in [0.25, 0.3) is 0 Å². The second-order valence-corrected chi connectivity index (χ2v) is 11.7. The molecular formula is C30H48O8. The van der Waals surface area contributed by atoms with Gasteiger partial charge in [-0.05, 0) is 25.7 Å². The first kappa shape index (κ1) is 30.4. The molecule has 0 radical (unpaired) electrons. The summed E-state index contributed by atoms with van der Waals surface area (Å²) < 4.78 is 21.5. The standard InChI is InChI=1S/2C15H24O4/c2*1-3-5-7-11-9-15(13(16)18-11)10-12(8-6-4-2)19-14(15)17/h2*11-12H,3-10H2,1-2H3. The van der Waals surface area contributed by atoms with E-state index in [-0.39, 0.29) is 48.3 Å². The van der Waals surface area contributed by atoms with Crippen LogP contribution in [-0.4, -0.2) is 48.3 Å². The number of esters is 4. The fourth-order valence-electron chi connectivity index (χ4n) is 6.15. The van der Waals surface area contributed by atoms with Crippen molar-refractivity contribution in [3.05, 3.63) is 0 Å². The van der Waals surface area contributed by atoms with E-state index in [1.54, 1.807) is 0 Å². The summed E-state index contributed by atoms with van der Waals surface area (Å²) in [5.41, 5.74) is -1.95. The van der Waals surface area contributed by atoms with E-state index in [4.69, 9.17) is 18.9 Å². The van der Waals surface area contributed by atoms with Crippen molar-refractivity contribution in [2.45, 2.75) is 155 Å². The van der Waals surface area contributed by atoms with E-state index in [0.29, 0.717) is 25.7 Å². The number of unbranched alkanes of at least 4 members (excludes halogenated alkanes) is 4. The Morgan fingerprint density at radius 2 is 0.684 bits per heavy atom. The fourth-order valence-corrected chi connectivity index (χ4v) is 6.15. The van der Waals surface area contributed by atoms with Gasteiger partial charge < -0.3 is 18.9 Å². The first-order valence-corrected chi connectivity index (χ1v) is 15.1. The predicted molar refractivity (Wildman–Crippen MR) is 141 cm³/mol. The molecule has 4 aliphatic rings. The Morgan fingerprint density at radius 1 is 0.474 bits per heavy atom. The smallest absolute Gasteiger partial charge is 0.324 e. The molecule has 4 rings (SSSR count). The minimum atomic E-state index is -0.975. The monoisotopic (exact) mass is 536 g/mol. The van der Waals surface area contributed by atoms with Gasteiger partial charge in [-0.2, -0.15) is 0 Å². The van der Waals surface area contributed by atoms with Gasteiger partial charge in [-0.25, -0.2) is 0 Å². The maximum absolute atomic E-state index is 12.1. The van der Waals surface area contributed by atoms with E-state index in [0.717, 1.165) is 77.0 Å². The van der Waals surface area contributed by atoms with Crippen LogP contribution in [0.25, 0.3) is 0 Å². The van der Waals surface area contributed by atoms with Crippen LogP contribution in [0.4, 0.5) is 0 Å². The molecule has 0 aliphatic carbocycles. The van der Waals surface area contributed by atoms with Gasteiger partial charge in [0.05, 0.1) is 0 Å². The van der Waals surface area contributed by atoms with Crippen LogP contribution in [0.5, 0.6) is 0 Å². The molecular weight excluding hydrogens is 488 g/mol. The molecule has 216 valence electrons. The normalized spacial score (nSPS) is 33.8. The number of carbonyl (C=O) groups is 4. The molecule has 0 saturated carbocycles. The molecule has 4 aliphatic heterocycles. The fraction of sp³-hybridized carbons (Fsp3) is 0.867. The van der Waals surface area contributed by atoms with Gasteiger partial charge >= 0.3 is 23.9 Å². The number of rotatable bonds is 12. The highest BCUT2D eigenvalue weighted by Crippen LogP contribution is 2.47. The minimum absolute atomic E-state index is 0.0927. The van der Waals surface area contributed by atoms with Crippen LogP contribution in [-0.2, 0) is 38.1 Å². The van der Waals surface area contributed by atoms with Crippen molar-refractivity contribution in [2.75, 3.05) is 0 Å². The Hall–Kier alpha value is -2.12. The molecule has 0 amide bonds. The van der Waals surface area contributed by atoms with Crippen molar-refractivity contribution in [1.29, 1.82) is 0 Å². The van der Waals surface area contributed by atoms with E-state index in [1.165, 1.54) is 0 Å². The van der Waals surface area contributed by atoms with Crippen molar-refractivity contribution >= 4 is 23.9 Å². The average Bonchev–Trinajstić information content (AvgIpc) is 3.60. The quantitative estimate of drug-likeness (QED) is 0.171. The number of ether oxygens (including phenoxy) is 4. The van der Waals surface area contributed by atoms with E-state index < -0.39 is 10.8 Å². The van der Waals surface area contributed by atoms with Crippen molar-refractivity contribution < 1.29 is 38.1 Å². The highest BCUT2D eigenvalue weighted by atomic mass is 16.6. The Morgan fingerprint density at radius 3 is 0.868 bits per heavy atom. The zero-order valence-electron chi connectivity index (χ0n) is 23.9. The summed E-state index contributed by atoms with van der Waals surface area (Å²) in [5.74, 6) is -1.40. The van der Waals surface area contributed by atoms with Gasteiger partial charge in [-0.1, -0.05) is 79.1 Å². The molecule has 4 saturated heterocycles. The lowest BCUT2D eigenvalue weighted by Gasteiger charge is -2.11. The molecule has 38 heavy (non-hydrogen) atoms. The first-order chi connectivity index (χ1) is 18.2. The lowest BCUT2D eigenvalue weighted by atomic mass is 9.80. The van der Waals surface area contributed by atoms with Crippen LogP contribution < -0.4 is 0 Å². The van der Waals surface area contributed by atoms with Gasteiger partial charge in [-0.3, -0.25) is 19.2 Å². The number of hydrogen-bond donors (Lipinski definition) is 0. The molecule has 8 heteroatoms. The molecule has 0 bridgehead atoms. The number of carbonyl (C=O) groups excluding carboxylic acids is 4. The summed E-state index contributed by atoms with van der Waals surface area (Å²) in [6.45, 7) is 8.43. The third-order valence-corrected chi connectivity index (χ3v) is 8.48. The number of cyclic esters (lactones) is 4. The van der Waals surface area contributed by atoms with Gasteiger partial charge in [0.1, 0.15) is 24.4 Å². The Balaban J connectivity index is 0.000000211. The van der Waals surface area contributed by atoms with E-state index in [1.807, 2.05) is 0 Å². The second-order valence-electron chi connectivity index (χ2n) is 11.7. The second kappa shape index (κ2) is 13.8. The summed E-state index contributed by atoms with van der Waals surface area (Å²) in [5, 5.41) is 0. The SMILES string of the molecule is CCCCC1CC2(CC(CCCC)OC2=O)C(=O)O1.CCCCC1CC2(CC(CCCC)OC2=O)C(=O)O1. The molecule has 2 spiro atoms. The Bertz CT molecular complexity index is 700. The molecule has 4 heterocycles. The van der Waals surface area contributed by atoms with Crippen molar-refractivity contribution in [1.82, 2.24) is 0 Å². The van der Waals surface area contributed by atoms with Crippen LogP contribution in [0.3, 0.4) is 0 Å². The molecule has 4 atom stereocenters. The first-order valence-electron chi connectivity index (χ1n) is 15.1. The third-order valence-electron chi connectivity index (χ3n) is 8.48. The summed E-state index contributed by atoms with van der Waals surface area (Å²) >= 11 is 0. The lowest BCUT2D eigenvalue weighted by Crippen LogP contribution is -2.31. The molecule has 4 fully saturated rings. The van der Waals surface area contributed by atoms with Crippen molar-refractivity contribution in [2.24, 2.45) is 10.8 Å². The molecule has 0 aromatic carbocycles. The van der Waals surface area contributed by atoms with Crippen LogP contribution in [0.1, 0.15) is 130 Å². The minimum Gasteiger partial charge on any atom is -0.461 e. The largest absolute Gasteiger partial charge is 0.461 e. The number of hydrogen-bond acceptors (Lipinski definition) is 8. The molecule has 8 nitrogen and oxygen atoms in total.